The molecule has 0 aromatic heterocycles. The molecule has 0 amide bonds. The average Bonchev–Trinajstić information content (AvgIpc) is 1.56. The fraction of sp³-hybridized carbons (Fsp3) is 0.853. The summed E-state index contributed by atoms with van der Waals surface area (Å²) in [5, 5.41) is 0. The lowest BCUT2D eigenvalue weighted by atomic mass is 9.78. The zero-order chi connectivity index (χ0) is 83.6. The van der Waals surface area contributed by atoms with Crippen LogP contribution in [0, 0.1) is 128 Å². The minimum Gasteiger partial charge on any atom is -0.469 e. The second kappa shape index (κ2) is 41.8. The molecule has 9 saturated carbocycles. The molecule has 0 aromatic rings. The predicted octanol–water partition coefficient (Wildman–Crippen LogP) is 15.5. The summed E-state index contributed by atoms with van der Waals surface area (Å²) in [4.78, 5) is 172. The third-order valence-electron chi connectivity index (χ3n) is 28.9. The summed E-state index contributed by atoms with van der Waals surface area (Å²) in [7, 11) is 1.31. The van der Waals surface area contributed by atoms with Crippen molar-refractivity contribution in [3.63, 3.8) is 0 Å². The van der Waals surface area contributed by atoms with Crippen LogP contribution in [0.1, 0.15) is 296 Å². The molecule has 7 heterocycles. The first-order chi connectivity index (χ1) is 53.4. The van der Waals surface area contributed by atoms with Crippen LogP contribution in [0.3, 0.4) is 0 Å². The van der Waals surface area contributed by atoms with Gasteiger partial charge in [-0.2, -0.15) is 0 Å². The Balaban J connectivity index is 0.000000517. The number of ether oxygens (including phenoxy) is 15. The van der Waals surface area contributed by atoms with Gasteiger partial charge in [0.05, 0.1) is 100 Å². The van der Waals surface area contributed by atoms with Crippen LogP contribution in [0.5, 0.6) is 0 Å². The van der Waals surface area contributed by atoms with Gasteiger partial charge in [0.25, 0.3) is 0 Å². The van der Waals surface area contributed by atoms with Gasteiger partial charge in [0.15, 0.2) is 12.2 Å². The first-order valence-electron chi connectivity index (χ1n) is 41.8. The van der Waals surface area contributed by atoms with Crippen LogP contribution >= 0.6 is 0 Å². The number of methoxy groups -OCH3 is 1. The van der Waals surface area contributed by atoms with Gasteiger partial charge in [-0.25, -0.2) is 0 Å². The van der Waals surface area contributed by atoms with Crippen LogP contribution < -0.4 is 0 Å². The lowest BCUT2D eigenvalue weighted by molar-refractivity contribution is -0.176. The van der Waals surface area contributed by atoms with Crippen LogP contribution in [0.15, 0.2) is 0 Å². The topological polar surface area (TPSA) is 377 Å². The lowest BCUT2D eigenvalue weighted by Gasteiger charge is -2.33. The van der Waals surface area contributed by atoms with Crippen molar-refractivity contribution in [1.82, 2.24) is 0 Å². The van der Waals surface area contributed by atoms with Gasteiger partial charge >= 0.3 is 83.6 Å². The maximum absolute atomic E-state index is 12.8. The first kappa shape index (κ1) is 113. The zero-order valence-corrected chi connectivity index (χ0v) is 69.8. The highest BCUT2D eigenvalue weighted by Crippen LogP contribution is 2.64. The van der Waals surface area contributed by atoms with E-state index in [-0.39, 0.29) is 224 Å². The molecule has 7 aliphatic heterocycles. The number of fused-ring (bicyclic) bond motifs is 5. The van der Waals surface area contributed by atoms with E-state index in [0.29, 0.717) is 64.2 Å². The van der Waals surface area contributed by atoms with Crippen molar-refractivity contribution < 1.29 is 138 Å². The molecule has 29 atom stereocenters. The molecule has 9 aliphatic carbocycles. The van der Waals surface area contributed by atoms with E-state index in [1.165, 1.54) is 7.11 Å². The summed E-state index contributed by atoms with van der Waals surface area (Å²) >= 11 is 0. The van der Waals surface area contributed by atoms with E-state index in [4.69, 9.17) is 71.1 Å². The van der Waals surface area contributed by atoms with E-state index in [1.54, 1.807) is 27.7 Å². The van der Waals surface area contributed by atoms with Crippen LogP contribution in [-0.2, 0) is 138 Å². The van der Waals surface area contributed by atoms with Gasteiger partial charge in [0.1, 0.15) is 66.6 Å². The highest BCUT2D eigenvalue weighted by molar-refractivity contribution is 5.90. The van der Waals surface area contributed by atoms with Crippen molar-refractivity contribution in [1.29, 1.82) is 0 Å². The number of carbonyl (C=O) groups excluding carboxylic acids is 14. The predicted molar refractivity (Wildman–Crippen MR) is 460 cm³/mol. The van der Waals surface area contributed by atoms with Crippen molar-refractivity contribution in [2.24, 2.45) is 128 Å². The summed E-state index contributed by atoms with van der Waals surface area (Å²) in [6, 6.07) is 0. The molecule has 7 saturated heterocycles. The van der Waals surface area contributed by atoms with Crippen LogP contribution in [0.25, 0.3) is 0 Å². The Labute approximate surface area is 740 Å². The van der Waals surface area contributed by atoms with Crippen LogP contribution in [0.2, 0.25) is 0 Å². The van der Waals surface area contributed by atoms with Gasteiger partial charge in [-0.05, 0) is 187 Å². The van der Waals surface area contributed by atoms with E-state index in [9.17, 15) is 67.1 Å². The first-order valence-corrected chi connectivity index (χ1v) is 41.8. The van der Waals surface area contributed by atoms with Gasteiger partial charge in [0, 0.05) is 47.3 Å². The van der Waals surface area contributed by atoms with E-state index in [2.05, 4.69) is 0 Å². The quantitative estimate of drug-likeness (QED) is 0.0761. The summed E-state index contributed by atoms with van der Waals surface area (Å²) in [6.45, 7) is 35.4. The molecule has 714 valence electrons. The van der Waals surface area contributed by atoms with E-state index in [1.807, 2.05) is 104 Å². The third kappa shape index (κ3) is 20.2. The molecule has 0 N–H and O–H groups in total. The highest BCUT2D eigenvalue weighted by Gasteiger charge is 2.75. The molecule has 29 unspecified atom stereocenters. The largest absolute Gasteiger partial charge is 0.469 e. The Kier molecular flexibility index (Phi) is 37.9. The van der Waals surface area contributed by atoms with Gasteiger partial charge in [0.2, 0.25) is 0 Å². The van der Waals surface area contributed by atoms with E-state index < -0.39 is 153 Å². The molecule has 16 rings (SSSR count). The maximum atomic E-state index is 12.8. The summed E-state index contributed by atoms with van der Waals surface area (Å²) in [5.41, 5.74) is -3.52. The molecule has 29 nitrogen and oxygen atoms in total. The SMILES string of the molecule is C.C.C.C.C.C.C.C.C.C.CCC(C)(C)C(=O)OC1C2CC3C(=O)OC1C3O2.CCC(C)(C)C(=O)OC1C2CC3C1OC(=O)C3C2C(=O)OC.CCC(C)(C)C(=O)OC1C2CC3C1OC(=O)C3C2C(=O)OC(C)(C)C.CCC(C)(C)C(=O)OC1C2CC3C1OC(=O)C3C2C(=O)OC1CCCC1.CCOC(=O)C1C2CC3C(OC(=O)C31)C2OC(=O)C(C)(C)CC. The molecule has 124 heavy (non-hydrogen) atoms. The fourth-order valence-corrected chi connectivity index (χ4v) is 20.4. The average molecular weight is 1770 g/mol. The van der Waals surface area contributed by atoms with Gasteiger partial charge in [-0.15, -0.1) is 0 Å². The Morgan fingerprint density at radius 1 is 0.323 bits per heavy atom. The summed E-state index contributed by atoms with van der Waals surface area (Å²) < 4.78 is 82.5. The standard InChI is InChI=1S/C20H28O6.C19H28O6.C17H24O6.C16H22O6.C13H18O5.10CH4/c1-4-20(2,3)19(23)26-16-12-9-11-14(18(22)25-15(11)16)13(12)17(21)24-10-7-5-6-8-10;1-7-19(5,6)17(22)24-14-10-8-9-11(15(20)23-13(9)14)12(10)16(21)25-18(2,3)4;1-5-17(3,4)16(20)23-13-8-7-9-11(15(19)22-12(9)13)10(8)14(18)21-6-2;1-5-16(2,3)15(19)22-12-7-6-8-10(9(7)13(17)20-4)14(18)21-11(8)12;1-4-13(2,3)12(15)18-9-7-5-6-8(16-7)10(9)17-11(6)14;;;;;;;;;;/h10-16H,4-9H2,1-3H3;9-14H,7-8H2,1-6H3;8-13H,5-7H2,1-4H3;7-12H,5-6H2,1-4H3;6-10H,4-5H2,1-3H3;10*1H4. The van der Waals surface area contributed by atoms with Crippen molar-refractivity contribution in [2.75, 3.05) is 13.7 Å². The van der Waals surface area contributed by atoms with E-state index in [0.717, 1.165) is 25.7 Å². The maximum Gasteiger partial charge on any atom is 0.312 e. The molecule has 16 aliphatic rings. The molecule has 0 spiro atoms. The molecule has 16 fully saturated rings. The Morgan fingerprint density at radius 3 is 0.879 bits per heavy atom. The number of hydrogen-bond donors (Lipinski definition) is 0. The highest BCUT2D eigenvalue weighted by atomic mass is 16.7. The second-order valence-electron chi connectivity index (χ2n) is 38.6. The Hall–Kier alpha value is -7.46. The summed E-state index contributed by atoms with van der Waals surface area (Å²) in [6.07, 6.45) is 5.60. The number of esters is 14. The zero-order valence-electron chi connectivity index (χ0n) is 69.8. The lowest BCUT2D eigenvalue weighted by Crippen LogP contribution is -2.46. The summed E-state index contributed by atoms with van der Waals surface area (Å²) in [5.74, 6) is -9.58. The molecular formula is C95H160O29. The normalized spacial score (nSPS) is 35.2. The number of rotatable bonds is 21. The molecule has 0 aromatic carbocycles. The van der Waals surface area contributed by atoms with Gasteiger partial charge in [-0.3, -0.25) is 67.1 Å². The van der Waals surface area contributed by atoms with E-state index >= 15 is 0 Å². The van der Waals surface area contributed by atoms with Crippen molar-refractivity contribution in [3.8, 4) is 0 Å². The smallest absolute Gasteiger partial charge is 0.312 e. The minimum absolute atomic E-state index is 0. The third-order valence-corrected chi connectivity index (χ3v) is 28.9. The minimum atomic E-state index is -0.628. The number of carbonyl (C=O) groups is 14. The molecule has 29 heteroatoms. The van der Waals surface area contributed by atoms with Gasteiger partial charge in [-0.1, -0.05) is 109 Å². The second-order valence-corrected chi connectivity index (χ2v) is 38.6. The van der Waals surface area contributed by atoms with Gasteiger partial charge < -0.3 is 71.1 Å². The van der Waals surface area contributed by atoms with Crippen LogP contribution in [-0.4, -0.2) is 182 Å². The molecule has 0 radical (unpaired) electrons. The monoisotopic (exact) mass is 1770 g/mol. The Morgan fingerprint density at radius 2 is 0.597 bits per heavy atom. The fourth-order valence-electron chi connectivity index (χ4n) is 20.4. The molecular weight excluding hydrogens is 1610 g/mol. The Bertz CT molecular complexity index is 3800. The van der Waals surface area contributed by atoms with Crippen molar-refractivity contribution >= 4 is 83.6 Å². The van der Waals surface area contributed by atoms with Crippen LogP contribution in [0.4, 0.5) is 0 Å². The number of hydrogen-bond acceptors (Lipinski definition) is 29. The van der Waals surface area contributed by atoms with Crippen molar-refractivity contribution in [3.05, 3.63) is 0 Å². The molecule has 10 bridgehead atoms. The van der Waals surface area contributed by atoms with Crippen molar-refractivity contribution in [2.45, 2.75) is 381 Å².